The summed E-state index contributed by atoms with van der Waals surface area (Å²) >= 11 is 1.84. The molecule has 25 heavy (non-hydrogen) atoms. The number of cyclic esters (lactones) is 1. The topological polar surface area (TPSA) is 60.3 Å². The summed E-state index contributed by atoms with van der Waals surface area (Å²) in [6.07, 6.45) is 5.42. The molecule has 4 rings (SSSR count). The van der Waals surface area contributed by atoms with Crippen molar-refractivity contribution in [3.05, 3.63) is 48.0 Å². The Morgan fingerprint density at radius 3 is 3.04 bits per heavy atom. The first-order valence-corrected chi connectivity index (χ1v) is 9.25. The highest BCUT2D eigenvalue weighted by Gasteiger charge is 2.33. The number of hydrogen-bond acceptors (Lipinski definition) is 5. The standard InChI is InChI=1S/C17H17FN4O2S/c18-16-9-13(1-2-15(16)12-3-7-25-8-4-12)22-11-14(24-17(22)23)10-21-6-5-19-20-21/h1-3,5-6,9,14H,4,7-8,10-11H2/t14-/m0/s1. The molecule has 0 unspecified atom stereocenters. The van der Waals surface area contributed by atoms with Crippen LogP contribution < -0.4 is 4.90 Å². The zero-order valence-corrected chi connectivity index (χ0v) is 14.3. The van der Waals surface area contributed by atoms with Crippen LogP contribution in [0, 0.1) is 5.82 Å². The summed E-state index contributed by atoms with van der Waals surface area (Å²) in [6, 6.07) is 4.95. The Balaban J connectivity index is 1.50. The summed E-state index contributed by atoms with van der Waals surface area (Å²) in [4.78, 5) is 13.6. The summed E-state index contributed by atoms with van der Waals surface area (Å²) in [5, 5.41) is 7.60. The van der Waals surface area contributed by atoms with Crippen molar-refractivity contribution in [2.75, 3.05) is 23.0 Å². The number of carbonyl (C=O) groups is 1. The Morgan fingerprint density at radius 2 is 2.32 bits per heavy atom. The second-order valence-electron chi connectivity index (χ2n) is 5.96. The van der Waals surface area contributed by atoms with Gasteiger partial charge in [0.25, 0.3) is 0 Å². The lowest BCUT2D eigenvalue weighted by Gasteiger charge is -2.17. The first kappa shape index (κ1) is 16.1. The fraction of sp³-hybridized carbons (Fsp3) is 0.353. The van der Waals surface area contributed by atoms with Crippen LogP contribution in [-0.4, -0.2) is 45.2 Å². The normalized spacial score (nSPS) is 20.5. The minimum absolute atomic E-state index is 0.303. The number of thioether (sulfide) groups is 1. The van der Waals surface area contributed by atoms with Crippen molar-refractivity contribution in [1.29, 1.82) is 0 Å². The number of ether oxygens (including phenoxy) is 1. The van der Waals surface area contributed by atoms with Crippen molar-refractivity contribution in [3.63, 3.8) is 0 Å². The summed E-state index contributed by atoms with van der Waals surface area (Å²) in [6.45, 7) is 0.782. The Kier molecular flexibility index (Phi) is 4.44. The van der Waals surface area contributed by atoms with E-state index in [1.54, 1.807) is 29.2 Å². The van der Waals surface area contributed by atoms with Gasteiger partial charge in [0.1, 0.15) is 11.9 Å². The van der Waals surface area contributed by atoms with Crippen LogP contribution in [0.15, 0.2) is 36.7 Å². The first-order valence-electron chi connectivity index (χ1n) is 8.09. The summed E-state index contributed by atoms with van der Waals surface area (Å²) in [5.74, 6) is 1.62. The van der Waals surface area contributed by atoms with E-state index in [0.717, 1.165) is 23.5 Å². The van der Waals surface area contributed by atoms with Gasteiger partial charge in [-0.3, -0.25) is 4.90 Å². The number of anilines is 1. The van der Waals surface area contributed by atoms with Crippen LogP contribution in [0.4, 0.5) is 14.9 Å². The van der Waals surface area contributed by atoms with Gasteiger partial charge in [-0.05, 0) is 35.9 Å². The van der Waals surface area contributed by atoms with Crippen molar-refractivity contribution in [3.8, 4) is 0 Å². The molecule has 130 valence electrons. The second kappa shape index (κ2) is 6.87. The maximum Gasteiger partial charge on any atom is 0.414 e. The molecule has 2 aromatic rings. The predicted molar refractivity (Wildman–Crippen MR) is 94.0 cm³/mol. The summed E-state index contributed by atoms with van der Waals surface area (Å²) < 4.78 is 21.5. The Hall–Kier alpha value is -2.35. The number of carbonyl (C=O) groups excluding carboxylic acids is 1. The largest absolute Gasteiger partial charge is 0.442 e. The Labute approximate surface area is 148 Å². The average Bonchev–Trinajstić information content (AvgIpc) is 3.25. The van der Waals surface area contributed by atoms with Gasteiger partial charge < -0.3 is 4.74 Å². The molecule has 0 bridgehead atoms. The molecule has 0 saturated carbocycles. The van der Waals surface area contributed by atoms with Crippen molar-refractivity contribution in [1.82, 2.24) is 15.0 Å². The molecular weight excluding hydrogens is 343 g/mol. The Bertz CT molecular complexity index is 809. The highest BCUT2D eigenvalue weighted by molar-refractivity contribution is 7.99. The number of halogens is 1. The molecule has 1 atom stereocenters. The van der Waals surface area contributed by atoms with Crippen LogP contribution in [0.5, 0.6) is 0 Å². The zero-order chi connectivity index (χ0) is 17.2. The molecule has 0 N–H and O–H groups in total. The van der Waals surface area contributed by atoms with Crippen molar-refractivity contribution >= 4 is 29.1 Å². The highest BCUT2D eigenvalue weighted by Crippen LogP contribution is 2.31. The molecule has 1 amide bonds. The third kappa shape index (κ3) is 3.39. The maximum absolute atomic E-state index is 14.6. The molecule has 1 aromatic heterocycles. The molecule has 1 fully saturated rings. The number of amides is 1. The van der Waals surface area contributed by atoms with Crippen LogP contribution in [-0.2, 0) is 11.3 Å². The van der Waals surface area contributed by atoms with Crippen LogP contribution in [0.3, 0.4) is 0 Å². The molecule has 8 heteroatoms. The van der Waals surface area contributed by atoms with Gasteiger partial charge in [-0.25, -0.2) is 13.9 Å². The van der Waals surface area contributed by atoms with Crippen molar-refractivity contribution in [2.24, 2.45) is 0 Å². The van der Waals surface area contributed by atoms with Crippen LogP contribution in [0.2, 0.25) is 0 Å². The van der Waals surface area contributed by atoms with Crippen LogP contribution in [0.1, 0.15) is 12.0 Å². The molecule has 3 heterocycles. The van der Waals surface area contributed by atoms with Crippen molar-refractivity contribution < 1.29 is 13.9 Å². The number of aromatic nitrogens is 3. The van der Waals surface area contributed by atoms with E-state index in [-0.39, 0.29) is 11.9 Å². The first-order chi connectivity index (χ1) is 12.2. The molecule has 2 aliphatic rings. The molecule has 1 saturated heterocycles. The van der Waals surface area contributed by atoms with Gasteiger partial charge in [0, 0.05) is 17.5 Å². The number of nitrogens with zero attached hydrogens (tertiary/aromatic N) is 4. The fourth-order valence-corrected chi connectivity index (χ4v) is 3.92. The van der Waals surface area contributed by atoms with E-state index >= 15 is 0 Å². The lowest BCUT2D eigenvalue weighted by atomic mass is 10.0. The van der Waals surface area contributed by atoms with Crippen LogP contribution >= 0.6 is 11.8 Å². The quantitative estimate of drug-likeness (QED) is 0.839. The lowest BCUT2D eigenvalue weighted by Crippen LogP contribution is -2.26. The van der Waals surface area contributed by atoms with E-state index in [2.05, 4.69) is 16.4 Å². The minimum Gasteiger partial charge on any atom is -0.442 e. The van der Waals surface area contributed by atoms with Gasteiger partial charge in [-0.2, -0.15) is 11.8 Å². The third-order valence-electron chi connectivity index (χ3n) is 4.31. The zero-order valence-electron chi connectivity index (χ0n) is 13.5. The highest BCUT2D eigenvalue weighted by atomic mass is 32.2. The van der Waals surface area contributed by atoms with Gasteiger partial charge in [0.2, 0.25) is 0 Å². The van der Waals surface area contributed by atoms with Gasteiger partial charge in [0.05, 0.1) is 25.0 Å². The number of benzene rings is 1. The van der Waals surface area contributed by atoms with E-state index in [4.69, 9.17) is 4.74 Å². The van der Waals surface area contributed by atoms with E-state index in [9.17, 15) is 9.18 Å². The molecule has 0 radical (unpaired) electrons. The number of hydrogen-bond donors (Lipinski definition) is 0. The average molecular weight is 360 g/mol. The monoisotopic (exact) mass is 360 g/mol. The minimum atomic E-state index is -0.467. The Morgan fingerprint density at radius 1 is 1.40 bits per heavy atom. The fourth-order valence-electron chi connectivity index (χ4n) is 3.07. The third-order valence-corrected chi connectivity index (χ3v) is 5.21. The van der Waals surface area contributed by atoms with Gasteiger partial charge in [0.15, 0.2) is 0 Å². The van der Waals surface area contributed by atoms with Gasteiger partial charge >= 0.3 is 6.09 Å². The van der Waals surface area contributed by atoms with E-state index in [1.807, 2.05) is 11.8 Å². The van der Waals surface area contributed by atoms with Gasteiger partial charge in [-0.1, -0.05) is 11.3 Å². The smallest absolute Gasteiger partial charge is 0.414 e. The molecular formula is C17H17FN4O2S. The molecule has 0 spiro atoms. The van der Waals surface area contributed by atoms with E-state index in [1.165, 1.54) is 11.0 Å². The number of rotatable bonds is 4. The maximum atomic E-state index is 14.6. The molecule has 0 aliphatic carbocycles. The summed E-state index contributed by atoms with van der Waals surface area (Å²) in [7, 11) is 0. The van der Waals surface area contributed by atoms with E-state index < -0.39 is 6.09 Å². The number of allylic oxidation sites excluding steroid dienone is 1. The molecule has 1 aromatic carbocycles. The summed E-state index contributed by atoms with van der Waals surface area (Å²) in [5.41, 5.74) is 2.17. The van der Waals surface area contributed by atoms with Crippen molar-refractivity contribution in [2.45, 2.75) is 19.1 Å². The second-order valence-corrected chi connectivity index (χ2v) is 7.11. The molecule has 2 aliphatic heterocycles. The van der Waals surface area contributed by atoms with Crippen LogP contribution in [0.25, 0.3) is 5.57 Å². The van der Waals surface area contributed by atoms with Gasteiger partial charge in [-0.15, -0.1) is 5.10 Å². The predicted octanol–water partition coefficient (Wildman–Crippen LogP) is 2.96. The lowest BCUT2D eigenvalue weighted by molar-refractivity contribution is 0.129. The SMILES string of the molecule is O=C1O[C@@H](Cn2ccnn2)CN1c1ccc(C2=CCSCC2)c(F)c1. The molecule has 6 nitrogen and oxygen atoms in total. The van der Waals surface area contributed by atoms with E-state index in [0.29, 0.717) is 24.3 Å².